The Bertz CT molecular complexity index is 788. The molecular weight excluding hydrogens is 335 g/mol. The fourth-order valence-corrected chi connectivity index (χ4v) is 3.21. The molecule has 0 spiro atoms. The number of nitrogens with one attached hydrogen (secondary N) is 2. The van der Waals surface area contributed by atoms with Gasteiger partial charge in [-0.15, -0.1) is 11.3 Å². The molecule has 6 nitrogen and oxygen atoms in total. The Morgan fingerprint density at radius 3 is 2.71 bits per heavy atom. The van der Waals surface area contributed by atoms with Crippen LogP contribution in [0.1, 0.15) is 28.6 Å². The predicted molar refractivity (Wildman–Crippen MR) is 88.6 cm³/mol. The van der Waals surface area contributed by atoms with Crippen LogP contribution >= 0.6 is 11.3 Å². The summed E-state index contributed by atoms with van der Waals surface area (Å²) in [4.78, 5) is 35.2. The second kappa shape index (κ2) is 7.87. The molecule has 1 aromatic carbocycles. The Hall–Kier alpha value is -2.48. The minimum atomic E-state index is -0.734. The van der Waals surface area contributed by atoms with Gasteiger partial charge in [0.1, 0.15) is 10.7 Å². The largest absolute Gasteiger partial charge is 0.451 e. The summed E-state index contributed by atoms with van der Waals surface area (Å²) in [5, 5.41) is 4.89. The highest BCUT2D eigenvalue weighted by molar-refractivity contribution is 7.21. The van der Waals surface area contributed by atoms with E-state index in [-0.39, 0.29) is 4.88 Å². The lowest BCUT2D eigenvalue weighted by molar-refractivity contribution is -0.123. The molecule has 128 valence electrons. The molecule has 0 radical (unpaired) electrons. The number of carbonyl (C=O) groups excluding carboxylic acids is 3. The minimum absolute atomic E-state index is 0.235. The Kier molecular flexibility index (Phi) is 5.86. The summed E-state index contributed by atoms with van der Waals surface area (Å²) in [7, 11) is 0. The van der Waals surface area contributed by atoms with Crippen molar-refractivity contribution in [2.75, 3.05) is 13.2 Å². The van der Waals surface area contributed by atoms with Crippen LogP contribution < -0.4 is 10.6 Å². The first-order chi connectivity index (χ1) is 11.4. The molecule has 0 aliphatic rings. The maximum Gasteiger partial charge on any atom is 0.349 e. The molecule has 0 saturated heterocycles. The highest BCUT2D eigenvalue weighted by Crippen LogP contribution is 2.32. The maximum absolute atomic E-state index is 13.8. The van der Waals surface area contributed by atoms with Crippen LogP contribution in [0.4, 0.5) is 9.18 Å². The quantitative estimate of drug-likeness (QED) is 0.811. The first kappa shape index (κ1) is 17.9. The number of esters is 1. The zero-order valence-electron chi connectivity index (χ0n) is 13.3. The number of carbonyl (C=O) groups is 3. The standard InChI is InChI=1S/C16H17FN2O4S/c1-3-7-18-16(22)19-12(20)8-23-15(21)14-9(2)13-10(17)5-4-6-11(13)24-14/h4-6H,3,7-8H2,1-2H3,(H2,18,19,20,22). The predicted octanol–water partition coefficient (Wildman–Crippen LogP) is 2.74. The van der Waals surface area contributed by atoms with Gasteiger partial charge < -0.3 is 10.1 Å². The zero-order valence-corrected chi connectivity index (χ0v) is 14.1. The third-order valence-electron chi connectivity index (χ3n) is 3.21. The van der Waals surface area contributed by atoms with Gasteiger partial charge in [0.25, 0.3) is 5.91 Å². The molecule has 0 aliphatic heterocycles. The Labute approximate surface area is 142 Å². The molecule has 0 saturated carbocycles. The summed E-state index contributed by atoms with van der Waals surface area (Å²) in [5.74, 6) is -1.87. The van der Waals surface area contributed by atoms with Crippen molar-refractivity contribution in [1.82, 2.24) is 10.6 Å². The normalized spacial score (nSPS) is 10.5. The van der Waals surface area contributed by atoms with Gasteiger partial charge in [0.15, 0.2) is 6.61 Å². The topological polar surface area (TPSA) is 84.5 Å². The molecule has 24 heavy (non-hydrogen) atoms. The van der Waals surface area contributed by atoms with Gasteiger partial charge in [0.2, 0.25) is 0 Å². The van der Waals surface area contributed by atoms with Gasteiger partial charge in [-0.3, -0.25) is 10.1 Å². The monoisotopic (exact) mass is 352 g/mol. The van der Waals surface area contributed by atoms with Gasteiger partial charge in [-0.2, -0.15) is 0 Å². The van der Waals surface area contributed by atoms with Crippen molar-refractivity contribution in [3.05, 3.63) is 34.5 Å². The molecule has 2 N–H and O–H groups in total. The molecule has 0 atom stereocenters. The second-order valence-electron chi connectivity index (χ2n) is 5.05. The molecule has 1 aromatic heterocycles. The summed E-state index contributed by atoms with van der Waals surface area (Å²) >= 11 is 1.10. The van der Waals surface area contributed by atoms with Crippen LogP contribution in [-0.4, -0.2) is 31.1 Å². The summed E-state index contributed by atoms with van der Waals surface area (Å²) in [5.41, 5.74) is 0.471. The lowest BCUT2D eigenvalue weighted by Gasteiger charge is -2.06. The van der Waals surface area contributed by atoms with Gasteiger partial charge >= 0.3 is 12.0 Å². The van der Waals surface area contributed by atoms with E-state index in [0.29, 0.717) is 22.2 Å². The van der Waals surface area contributed by atoms with Crippen LogP contribution in [0.2, 0.25) is 0 Å². The average Bonchev–Trinajstić information content (AvgIpc) is 2.89. The minimum Gasteiger partial charge on any atom is -0.451 e. The molecular formula is C16H17FN2O4S. The average molecular weight is 352 g/mol. The second-order valence-corrected chi connectivity index (χ2v) is 6.10. The van der Waals surface area contributed by atoms with Crippen LogP contribution in [0.25, 0.3) is 10.1 Å². The number of benzene rings is 1. The van der Waals surface area contributed by atoms with E-state index >= 15 is 0 Å². The fraction of sp³-hybridized carbons (Fsp3) is 0.312. The third kappa shape index (κ3) is 4.08. The molecule has 2 aromatic rings. The van der Waals surface area contributed by atoms with Crippen molar-refractivity contribution in [2.45, 2.75) is 20.3 Å². The van der Waals surface area contributed by atoms with E-state index in [2.05, 4.69) is 5.32 Å². The molecule has 1 heterocycles. The number of thiophene rings is 1. The molecule has 2 rings (SSSR count). The number of imide groups is 1. The van der Waals surface area contributed by atoms with E-state index in [1.54, 1.807) is 19.1 Å². The Balaban J connectivity index is 1.98. The van der Waals surface area contributed by atoms with Crippen molar-refractivity contribution in [3.63, 3.8) is 0 Å². The van der Waals surface area contributed by atoms with Gasteiger partial charge in [-0.25, -0.2) is 14.0 Å². The highest BCUT2D eigenvalue weighted by atomic mass is 32.1. The molecule has 0 aliphatic carbocycles. The lowest BCUT2D eigenvalue weighted by Crippen LogP contribution is -2.41. The first-order valence-corrected chi connectivity index (χ1v) is 8.18. The van der Waals surface area contributed by atoms with E-state index < -0.39 is 30.3 Å². The summed E-state index contributed by atoms with van der Waals surface area (Å²) < 4.78 is 19.4. The number of hydrogen-bond donors (Lipinski definition) is 2. The number of hydrogen-bond acceptors (Lipinski definition) is 5. The van der Waals surface area contributed by atoms with Crippen molar-refractivity contribution < 1.29 is 23.5 Å². The van der Waals surface area contributed by atoms with Crippen molar-refractivity contribution in [2.24, 2.45) is 0 Å². The van der Waals surface area contributed by atoms with E-state index in [4.69, 9.17) is 4.74 Å². The summed E-state index contributed by atoms with van der Waals surface area (Å²) in [6, 6.07) is 3.94. The van der Waals surface area contributed by atoms with E-state index in [0.717, 1.165) is 17.8 Å². The summed E-state index contributed by atoms with van der Waals surface area (Å²) in [6.07, 6.45) is 0.734. The number of ether oxygens (including phenoxy) is 1. The number of urea groups is 1. The van der Waals surface area contributed by atoms with Crippen molar-refractivity contribution in [3.8, 4) is 0 Å². The summed E-state index contributed by atoms with van der Waals surface area (Å²) in [6.45, 7) is 3.34. The van der Waals surface area contributed by atoms with Crippen LogP contribution in [0.5, 0.6) is 0 Å². The molecule has 0 bridgehead atoms. The number of amides is 3. The molecule has 3 amide bonds. The number of halogens is 1. The van der Waals surface area contributed by atoms with Gasteiger partial charge in [-0.1, -0.05) is 13.0 Å². The van der Waals surface area contributed by atoms with E-state index in [9.17, 15) is 18.8 Å². The van der Waals surface area contributed by atoms with Gasteiger partial charge in [0, 0.05) is 16.6 Å². The van der Waals surface area contributed by atoms with Crippen LogP contribution in [0.15, 0.2) is 18.2 Å². The fourth-order valence-electron chi connectivity index (χ4n) is 2.09. The number of aryl methyl sites for hydroxylation is 1. The molecule has 8 heteroatoms. The van der Waals surface area contributed by atoms with Gasteiger partial charge in [-0.05, 0) is 31.0 Å². The number of rotatable bonds is 5. The Morgan fingerprint density at radius 1 is 1.29 bits per heavy atom. The molecule has 0 fully saturated rings. The zero-order chi connectivity index (χ0) is 17.7. The van der Waals surface area contributed by atoms with Crippen molar-refractivity contribution in [1.29, 1.82) is 0 Å². The highest BCUT2D eigenvalue weighted by Gasteiger charge is 2.20. The van der Waals surface area contributed by atoms with Crippen LogP contribution in [0, 0.1) is 12.7 Å². The molecule has 0 unspecified atom stereocenters. The Morgan fingerprint density at radius 2 is 2.04 bits per heavy atom. The third-order valence-corrected chi connectivity index (χ3v) is 4.45. The number of fused-ring (bicyclic) bond motifs is 1. The van der Waals surface area contributed by atoms with Crippen LogP contribution in [-0.2, 0) is 9.53 Å². The van der Waals surface area contributed by atoms with E-state index in [1.165, 1.54) is 6.07 Å². The lowest BCUT2D eigenvalue weighted by atomic mass is 10.1. The maximum atomic E-state index is 13.8. The van der Waals surface area contributed by atoms with Crippen molar-refractivity contribution >= 4 is 39.3 Å². The SMILES string of the molecule is CCCNC(=O)NC(=O)COC(=O)c1sc2cccc(F)c2c1C. The van der Waals surface area contributed by atoms with E-state index in [1.807, 2.05) is 12.2 Å². The van der Waals surface area contributed by atoms with Crippen LogP contribution in [0.3, 0.4) is 0 Å². The van der Waals surface area contributed by atoms with Gasteiger partial charge in [0.05, 0.1) is 0 Å². The smallest absolute Gasteiger partial charge is 0.349 e. The first-order valence-electron chi connectivity index (χ1n) is 7.36.